The van der Waals surface area contributed by atoms with Crippen LogP contribution in [0.25, 0.3) is 0 Å². The molecule has 0 unspecified atom stereocenters. The summed E-state index contributed by atoms with van der Waals surface area (Å²) in [4.78, 5) is 0. The maximum Gasteiger partial charge on any atom is 0.125 e. The molecule has 0 atom stereocenters. The minimum Gasteiger partial charge on any atom is -0.397 e. The van der Waals surface area contributed by atoms with Crippen LogP contribution in [0, 0.1) is 12.7 Å². The van der Waals surface area contributed by atoms with Gasteiger partial charge in [-0.05, 0) is 42.8 Å². The summed E-state index contributed by atoms with van der Waals surface area (Å²) in [5.74, 6) is -0.270. The Balaban J connectivity index is 2.34. The van der Waals surface area contributed by atoms with E-state index in [1.807, 2.05) is 19.1 Å². The molecule has 0 saturated heterocycles. The smallest absolute Gasteiger partial charge is 0.125 e. The van der Waals surface area contributed by atoms with Crippen molar-refractivity contribution in [2.75, 3.05) is 11.1 Å². The van der Waals surface area contributed by atoms with Crippen LogP contribution in [0.5, 0.6) is 0 Å². The summed E-state index contributed by atoms with van der Waals surface area (Å²) in [6.07, 6.45) is 0. The first-order chi connectivity index (χ1) is 8.06. The van der Waals surface area contributed by atoms with E-state index in [0.29, 0.717) is 5.69 Å². The van der Waals surface area contributed by atoms with Crippen LogP contribution in [0.2, 0.25) is 0 Å². The van der Waals surface area contributed by atoms with Crippen LogP contribution in [0.15, 0.2) is 40.9 Å². The monoisotopic (exact) mass is 294 g/mol. The van der Waals surface area contributed by atoms with Gasteiger partial charge in [-0.15, -0.1) is 0 Å². The molecule has 0 heterocycles. The quantitative estimate of drug-likeness (QED) is 0.814. The molecule has 0 spiro atoms. The van der Waals surface area contributed by atoms with Gasteiger partial charge in [0, 0.05) is 10.2 Å². The number of halogens is 2. The molecule has 0 aliphatic heterocycles. The molecule has 0 aliphatic rings. The van der Waals surface area contributed by atoms with Gasteiger partial charge in [-0.3, -0.25) is 0 Å². The average molecular weight is 295 g/mol. The van der Waals surface area contributed by atoms with E-state index in [1.165, 1.54) is 12.1 Å². The lowest BCUT2D eigenvalue weighted by atomic mass is 10.2. The van der Waals surface area contributed by atoms with Gasteiger partial charge in [-0.25, -0.2) is 4.39 Å². The fourth-order valence-electron chi connectivity index (χ4n) is 1.52. The van der Waals surface area contributed by atoms with E-state index in [2.05, 4.69) is 21.2 Å². The molecule has 3 N–H and O–H groups in total. The molecule has 0 bridgehead atoms. The molecule has 2 aromatic rings. The SMILES string of the molecule is Cc1ccc(F)cc1Nc1ccc(Br)cc1N. The largest absolute Gasteiger partial charge is 0.397 e. The summed E-state index contributed by atoms with van der Waals surface area (Å²) in [7, 11) is 0. The molecule has 0 aliphatic carbocycles. The minimum absolute atomic E-state index is 0.270. The highest BCUT2D eigenvalue weighted by molar-refractivity contribution is 9.10. The van der Waals surface area contributed by atoms with Gasteiger partial charge in [0.1, 0.15) is 5.82 Å². The molecule has 0 saturated carbocycles. The summed E-state index contributed by atoms with van der Waals surface area (Å²) < 4.78 is 14.0. The predicted octanol–water partition coefficient (Wildman–Crippen LogP) is 4.22. The van der Waals surface area contributed by atoms with Crippen LogP contribution in [-0.4, -0.2) is 0 Å². The second-order valence-corrected chi connectivity index (χ2v) is 4.73. The van der Waals surface area contributed by atoms with E-state index >= 15 is 0 Å². The third kappa shape index (κ3) is 2.77. The van der Waals surface area contributed by atoms with Gasteiger partial charge in [0.2, 0.25) is 0 Å². The molecular formula is C13H12BrFN2. The number of benzene rings is 2. The van der Waals surface area contributed by atoms with Crippen molar-refractivity contribution in [1.82, 2.24) is 0 Å². The molecule has 0 aromatic heterocycles. The molecule has 4 heteroatoms. The fourth-order valence-corrected chi connectivity index (χ4v) is 1.90. The Morgan fingerprint density at radius 2 is 1.88 bits per heavy atom. The topological polar surface area (TPSA) is 38.0 Å². The third-order valence-electron chi connectivity index (χ3n) is 2.48. The predicted molar refractivity (Wildman–Crippen MR) is 73.0 cm³/mol. The number of hydrogen-bond donors (Lipinski definition) is 2. The number of hydrogen-bond acceptors (Lipinski definition) is 2. The molecule has 0 amide bonds. The maximum absolute atomic E-state index is 13.1. The zero-order valence-corrected chi connectivity index (χ0v) is 10.9. The second kappa shape index (κ2) is 4.75. The lowest BCUT2D eigenvalue weighted by Gasteiger charge is -2.12. The molecular weight excluding hydrogens is 283 g/mol. The zero-order chi connectivity index (χ0) is 12.4. The van der Waals surface area contributed by atoms with E-state index in [0.717, 1.165) is 21.4 Å². The third-order valence-corrected chi connectivity index (χ3v) is 2.98. The summed E-state index contributed by atoms with van der Waals surface area (Å²) in [6.45, 7) is 1.91. The molecule has 88 valence electrons. The lowest BCUT2D eigenvalue weighted by molar-refractivity contribution is 0.628. The van der Waals surface area contributed by atoms with Gasteiger partial charge >= 0.3 is 0 Å². The highest BCUT2D eigenvalue weighted by Gasteiger charge is 2.04. The van der Waals surface area contributed by atoms with Crippen molar-refractivity contribution >= 4 is 33.0 Å². The zero-order valence-electron chi connectivity index (χ0n) is 9.30. The van der Waals surface area contributed by atoms with Gasteiger partial charge in [-0.2, -0.15) is 0 Å². The van der Waals surface area contributed by atoms with Gasteiger partial charge in [0.05, 0.1) is 11.4 Å². The highest BCUT2D eigenvalue weighted by Crippen LogP contribution is 2.28. The van der Waals surface area contributed by atoms with Crippen molar-refractivity contribution in [3.63, 3.8) is 0 Å². The number of aryl methyl sites for hydroxylation is 1. The Hall–Kier alpha value is -1.55. The summed E-state index contributed by atoms with van der Waals surface area (Å²) in [5.41, 5.74) is 8.94. The minimum atomic E-state index is -0.270. The lowest BCUT2D eigenvalue weighted by Crippen LogP contribution is -1.98. The first-order valence-electron chi connectivity index (χ1n) is 5.14. The van der Waals surface area contributed by atoms with Crippen molar-refractivity contribution in [1.29, 1.82) is 0 Å². The van der Waals surface area contributed by atoms with Crippen molar-refractivity contribution in [2.24, 2.45) is 0 Å². The molecule has 17 heavy (non-hydrogen) atoms. The van der Waals surface area contributed by atoms with Crippen LogP contribution in [0.1, 0.15) is 5.56 Å². The molecule has 2 rings (SSSR count). The Labute approximate surface area is 108 Å². The Bertz CT molecular complexity index is 555. The van der Waals surface area contributed by atoms with E-state index in [1.54, 1.807) is 12.1 Å². The van der Waals surface area contributed by atoms with Crippen LogP contribution < -0.4 is 11.1 Å². The van der Waals surface area contributed by atoms with E-state index in [9.17, 15) is 4.39 Å². The highest BCUT2D eigenvalue weighted by atomic mass is 79.9. The molecule has 0 radical (unpaired) electrons. The van der Waals surface area contributed by atoms with Crippen LogP contribution in [0.3, 0.4) is 0 Å². The van der Waals surface area contributed by atoms with E-state index in [4.69, 9.17) is 5.73 Å². The number of anilines is 3. The number of nitrogens with one attached hydrogen (secondary N) is 1. The molecule has 2 nitrogen and oxygen atoms in total. The normalized spacial score (nSPS) is 10.3. The van der Waals surface area contributed by atoms with Crippen molar-refractivity contribution in [3.05, 3.63) is 52.3 Å². The first-order valence-corrected chi connectivity index (χ1v) is 5.94. The number of nitrogen functional groups attached to an aromatic ring is 1. The van der Waals surface area contributed by atoms with Crippen LogP contribution in [0.4, 0.5) is 21.5 Å². The van der Waals surface area contributed by atoms with Gasteiger partial charge in [0.15, 0.2) is 0 Å². The van der Waals surface area contributed by atoms with Crippen molar-refractivity contribution in [2.45, 2.75) is 6.92 Å². The van der Waals surface area contributed by atoms with Gasteiger partial charge in [0.25, 0.3) is 0 Å². The summed E-state index contributed by atoms with van der Waals surface area (Å²) in [5, 5.41) is 3.12. The summed E-state index contributed by atoms with van der Waals surface area (Å²) >= 11 is 3.34. The Morgan fingerprint density at radius 1 is 1.12 bits per heavy atom. The second-order valence-electron chi connectivity index (χ2n) is 3.82. The number of nitrogens with two attached hydrogens (primary N) is 1. The number of rotatable bonds is 2. The molecule has 0 fully saturated rings. The Morgan fingerprint density at radius 3 is 2.59 bits per heavy atom. The van der Waals surface area contributed by atoms with E-state index in [-0.39, 0.29) is 5.82 Å². The first kappa shape index (κ1) is 11.9. The van der Waals surface area contributed by atoms with E-state index < -0.39 is 0 Å². The Kier molecular flexibility index (Phi) is 3.33. The van der Waals surface area contributed by atoms with Gasteiger partial charge in [-0.1, -0.05) is 22.0 Å². The average Bonchev–Trinajstić information content (AvgIpc) is 2.27. The van der Waals surface area contributed by atoms with Crippen LogP contribution in [-0.2, 0) is 0 Å². The van der Waals surface area contributed by atoms with Crippen LogP contribution >= 0.6 is 15.9 Å². The standard InChI is InChI=1S/C13H12BrFN2/c1-8-2-4-10(15)7-13(8)17-12-5-3-9(14)6-11(12)16/h2-7,17H,16H2,1H3. The molecule has 2 aromatic carbocycles. The summed E-state index contributed by atoms with van der Waals surface area (Å²) in [6, 6.07) is 10.2. The van der Waals surface area contributed by atoms with Gasteiger partial charge < -0.3 is 11.1 Å². The van der Waals surface area contributed by atoms with Crippen molar-refractivity contribution in [3.8, 4) is 0 Å². The van der Waals surface area contributed by atoms with Crippen molar-refractivity contribution < 1.29 is 4.39 Å². The fraction of sp³-hybridized carbons (Fsp3) is 0.0769. The maximum atomic E-state index is 13.1.